The summed E-state index contributed by atoms with van der Waals surface area (Å²) in [7, 11) is 0. The Balaban J connectivity index is 2.15. The van der Waals surface area contributed by atoms with Crippen LogP contribution in [-0.2, 0) is 16.1 Å². The summed E-state index contributed by atoms with van der Waals surface area (Å²) in [4.78, 5) is 10.1. The quantitative estimate of drug-likeness (QED) is 0.570. The van der Waals surface area contributed by atoms with Gasteiger partial charge in [-0.1, -0.05) is 53.5 Å². The molecule has 1 aromatic rings. The van der Waals surface area contributed by atoms with Crippen molar-refractivity contribution in [3.8, 4) is 0 Å². The molecule has 0 atom stereocenters. The summed E-state index contributed by atoms with van der Waals surface area (Å²) in [6.07, 6.45) is 0.254. The SMILES string of the molecule is O=C(CCOCc1ccccc1)C(Cl)Cl. The van der Waals surface area contributed by atoms with Gasteiger partial charge >= 0.3 is 0 Å². The minimum Gasteiger partial charge on any atom is -0.376 e. The van der Waals surface area contributed by atoms with Crippen molar-refractivity contribution >= 4 is 29.0 Å². The lowest BCUT2D eigenvalue weighted by atomic mass is 10.2. The first-order chi connectivity index (χ1) is 7.20. The van der Waals surface area contributed by atoms with Gasteiger partial charge in [0.15, 0.2) is 10.6 Å². The molecule has 0 fully saturated rings. The zero-order chi connectivity index (χ0) is 11.1. The average molecular weight is 247 g/mol. The van der Waals surface area contributed by atoms with E-state index in [4.69, 9.17) is 27.9 Å². The van der Waals surface area contributed by atoms with Gasteiger partial charge in [-0.05, 0) is 5.56 Å². The maximum absolute atomic E-state index is 11.0. The summed E-state index contributed by atoms with van der Waals surface area (Å²) < 4.78 is 5.30. The number of hydrogen-bond acceptors (Lipinski definition) is 2. The Morgan fingerprint density at radius 3 is 2.53 bits per heavy atom. The maximum Gasteiger partial charge on any atom is 0.167 e. The standard InChI is InChI=1S/C11H12Cl2O2/c12-11(13)10(14)6-7-15-8-9-4-2-1-3-5-9/h1-5,11H,6-8H2. The van der Waals surface area contributed by atoms with Crippen LogP contribution < -0.4 is 0 Å². The molecule has 0 saturated heterocycles. The van der Waals surface area contributed by atoms with Crippen molar-refractivity contribution in [3.05, 3.63) is 35.9 Å². The fourth-order valence-corrected chi connectivity index (χ4v) is 1.26. The number of carbonyl (C=O) groups is 1. The van der Waals surface area contributed by atoms with Gasteiger partial charge in [-0.2, -0.15) is 0 Å². The van der Waals surface area contributed by atoms with Gasteiger partial charge in [0.2, 0.25) is 0 Å². The molecule has 0 heterocycles. The normalized spacial score (nSPS) is 10.6. The number of Topliss-reactive ketones (excluding diaryl/α,β-unsaturated/α-hetero) is 1. The summed E-state index contributed by atoms with van der Waals surface area (Å²) in [6.45, 7) is 0.854. The molecule has 0 N–H and O–H groups in total. The fraction of sp³-hybridized carbons (Fsp3) is 0.364. The minimum absolute atomic E-state index is 0.202. The van der Waals surface area contributed by atoms with Crippen molar-refractivity contribution in [1.82, 2.24) is 0 Å². The molecule has 4 heteroatoms. The Labute approximate surface area is 99.1 Å². The molecular formula is C11H12Cl2O2. The van der Waals surface area contributed by atoms with Crippen molar-refractivity contribution in [3.63, 3.8) is 0 Å². The molecule has 0 aliphatic heterocycles. The van der Waals surface area contributed by atoms with Gasteiger partial charge in [-0.15, -0.1) is 0 Å². The van der Waals surface area contributed by atoms with Crippen LogP contribution in [0.5, 0.6) is 0 Å². The van der Waals surface area contributed by atoms with E-state index in [0.29, 0.717) is 13.2 Å². The molecule has 15 heavy (non-hydrogen) atoms. The van der Waals surface area contributed by atoms with Crippen LogP contribution in [-0.4, -0.2) is 17.2 Å². The first-order valence-electron chi connectivity index (χ1n) is 4.62. The molecule has 0 aliphatic rings. The highest BCUT2D eigenvalue weighted by Gasteiger charge is 2.10. The molecule has 0 aromatic heterocycles. The monoisotopic (exact) mass is 246 g/mol. The second kappa shape index (κ2) is 6.83. The Morgan fingerprint density at radius 1 is 1.27 bits per heavy atom. The van der Waals surface area contributed by atoms with Gasteiger partial charge in [0, 0.05) is 6.42 Å². The lowest BCUT2D eigenvalue weighted by molar-refractivity contribution is -0.118. The van der Waals surface area contributed by atoms with Crippen molar-refractivity contribution in [2.45, 2.75) is 17.9 Å². The molecule has 0 unspecified atom stereocenters. The summed E-state index contributed by atoms with van der Waals surface area (Å²) in [5.41, 5.74) is 1.08. The molecule has 0 bridgehead atoms. The first-order valence-corrected chi connectivity index (χ1v) is 5.50. The molecular weight excluding hydrogens is 235 g/mol. The van der Waals surface area contributed by atoms with Gasteiger partial charge < -0.3 is 4.74 Å². The third-order valence-electron chi connectivity index (χ3n) is 1.85. The zero-order valence-electron chi connectivity index (χ0n) is 8.16. The Hall–Kier alpha value is -0.570. The maximum atomic E-state index is 11.0. The zero-order valence-corrected chi connectivity index (χ0v) is 9.67. The molecule has 0 saturated carbocycles. The van der Waals surface area contributed by atoms with Crippen molar-refractivity contribution in [2.75, 3.05) is 6.61 Å². The Kier molecular flexibility index (Phi) is 5.69. The molecule has 0 spiro atoms. The van der Waals surface area contributed by atoms with Crippen LogP contribution in [0.2, 0.25) is 0 Å². The van der Waals surface area contributed by atoms with Crippen LogP contribution >= 0.6 is 23.2 Å². The highest BCUT2D eigenvalue weighted by Crippen LogP contribution is 2.06. The summed E-state index contributed by atoms with van der Waals surface area (Å²) in [6, 6.07) is 9.76. The number of carbonyl (C=O) groups excluding carboxylic acids is 1. The van der Waals surface area contributed by atoms with Gasteiger partial charge in [0.05, 0.1) is 13.2 Å². The first kappa shape index (κ1) is 12.5. The van der Waals surface area contributed by atoms with Gasteiger partial charge in [0.1, 0.15) is 0 Å². The van der Waals surface area contributed by atoms with Crippen LogP contribution in [0.1, 0.15) is 12.0 Å². The molecule has 0 radical (unpaired) electrons. The number of rotatable bonds is 6. The van der Waals surface area contributed by atoms with Gasteiger partial charge in [0.25, 0.3) is 0 Å². The Morgan fingerprint density at radius 2 is 1.93 bits per heavy atom. The van der Waals surface area contributed by atoms with Crippen LogP contribution in [0.25, 0.3) is 0 Å². The number of ether oxygens (including phenoxy) is 1. The highest BCUT2D eigenvalue weighted by atomic mass is 35.5. The average Bonchev–Trinajstić information content (AvgIpc) is 2.25. The van der Waals surface area contributed by atoms with Crippen LogP contribution in [0.15, 0.2) is 30.3 Å². The number of hydrogen-bond donors (Lipinski definition) is 0. The number of ketones is 1. The van der Waals surface area contributed by atoms with Crippen LogP contribution in [0.4, 0.5) is 0 Å². The molecule has 1 rings (SSSR count). The van der Waals surface area contributed by atoms with Gasteiger partial charge in [-0.3, -0.25) is 4.79 Å². The third kappa shape index (κ3) is 5.17. The van der Waals surface area contributed by atoms with E-state index in [2.05, 4.69) is 0 Å². The van der Waals surface area contributed by atoms with E-state index >= 15 is 0 Å². The second-order valence-corrected chi connectivity index (χ2v) is 4.15. The van der Waals surface area contributed by atoms with Gasteiger partial charge in [-0.25, -0.2) is 0 Å². The van der Waals surface area contributed by atoms with Crippen LogP contribution in [0.3, 0.4) is 0 Å². The lowest BCUT2D eigenvalue weighted by Gasteiger charge is -2.04. The van der Waals surface area contributed by atoms with Crippen molar-refractivity contribution < 1.29 is 9.53 Å². The molecule has 82 valence electrons. The summed E-state index contributed by atoms with van der Waals surface area (Å²) in [5, 5.41) is 0. The lowest BCUT2D eigenvalue weighted by Crippen LogP contribution is -2.10. The smallest absolute Gasteiger partial charge is 0.167 e. The highest BCUT2D eigenvalue weighted by molar-refractivity contribution is 6.53. The predicted octanol–water partition coefficient (Wildman–Crippen LogP) is 2.97. The third-order valence-corrected chi connectivity index (χ3v) is 2.33. The summed E-state index contributed by atoms with van der Waals surface area (Å²) in [5.74, 6) is -0.202. The van der Waals surface area contributed by atoms with Crippen molar-refractivity contribution in [2.24, 2.45) is 0 Å². The van der Waals surface area contributed by atoms with E-state index < -0.39 is 4.84 Å². The van der Waals surface area contributed by atoms with E-state index in [-0.39, 0.29) is 12.2 Å². The largest absolute Gasteiger partial charge is 0.376 e. The molecule has 2 nitrogen and oxygen atoms in total. The number of halogens is 2. The van der Waals surface area contributed by atoms with E-state index in [1.165, 1.54) is 0 Å². The number of benzene rings is 1. The fourth-order valence-electron chi connectivity index (χ4n) is 1.05. The van der Waals surface area contributed by atoms with Crippen LogP contribution in [0, 0.1) is 0 Å². The molecule has 0 amide bonds. The van der Waals surface area contributed by atoms with E-state index in [9.17, 15) is 4.79 Å². The minimum atomic E-state index is -0.940. The van der Waals surface area contributed by atoms with E-state index in [0.717, 1.165) is 5.56 Å². The Bertz CT molecular complexity index is 299. The van der Waals surface area contributed by atoms with E-state index in [1.54, 1.807) is 0 Å². The predicted molar refractivity (Wildman–Crippen MR) is 61.2 cm³/mol. The second-order valence-electron chi connectivity index (χ2n) is 3.06. The number of alkyl halides is 2. The topological polar surface area (TPSA) is 26.3 Å². The summed E-state index contributed by atoms with van der Waals surface area (Å²) >= 11 is 10.8. The molecule has 1 aromatic carbocycles. The van der Waals surface area contributed by atoms with E-state index in [1.807, 2.05) is 30.3 Å². The van der Waals surface area contributed by atoms with Crippen molar-refractivity contribution in [1.29, 1.82) is 0 Å². The molecule has 0 aliphatic carbocycles.